The summed E-state index contributed by atoms with van der Waals surface area (Å²) in [6.07, 6.45) is -0.415. The first kappa shape index (κ1) is 18.4. The van der Waals surface area contributed by atoms with E-state index in [0.29, 0.717) is 10.3 Å². The molecule has 1 aromatic carbocycles. The lowest BCUT2D eigenvalue weighted by molar-refractivity contribution is 0.0378. The Hall–Kier alpha value is -1.93. The molecule has 0 aliphatic carbocycles. The van der Waals surface area contributed by atoms with Gasteiger partial charge in [0.25, 0.3) is 5.56 Å². The number of carbonyl (C=O) groups is 1. The van der Waals surface area contributed by atoms with E-state index in [9.17, 15) is 18.8 Å². The van der Waals surface area contributed by atoms with Crippen LogP contribution in [0.1, 0.15) is 29.9 Å². The van der Waals surface area contributed by atoms with E-state index in [1.54, 1.807) is 13.8 Å². The van der Waals surface area contributed by atoms with Gasteiger partial charge in [0.05, 0.1) is 22.4 Å². The zero-order valence-electron chi connectivity index (χ0n) is 12.9. The lowest BCUT2D eigenvalue weighted by Crippen LogP contribution is -2.35. The van der Waals surface area contributed by atoms with Crippen molar-refractivity contribution in [1.29, 1.82) is 0 Å². The van der Waals surface area contributed by atoms with Crippen molar-refractivity contribution in [3.63, 3.8) is 0 Å². The topological polar surface area (TPSA) is 81.2 Å². The summed E-state index contributed by atoms with van der Waals surface area (Å²) in [6, 6.07) is 1.87. The summed E-state index contributed by atoms with van der Waals surface area (Å²) in [5.41, 5.74) is -1.85. The molecule has 6 nitrogen and oxygen atoms in total. The number of ether oxygens (including phenoxy) is 1. The first-order valence-electron chi connectivity index (χ1n) is 6.85. The second kappa shape index (κ2) is 6.90. The zero-order valence-corrected chi connectivity index (χ0v) is 15.3. The number of esters is 1. The van der Waals surface area contributed by atoms with Crippen LogP contribution in [-0.4, -0.2) is 21.6 Å². The molecule has 0 amide bonds. The summed E-state index contributed by atoms with van der Waals surface area (Å²) >= 11 is 8.92. The normalized spacial score (nSPS) is 11.0. The Labute approximate surface area is 149 Å². The molecule has 2 rings (SSSR count). The number of hydrogen-bond donors (Lipinski definition) is 1. The monoisotopic (exact) mass is 418 g/mol. The van der Waals surface area contributed by atoms with Crippen LogP contribution in [0.5, 0.6) is 0 Å². The van der Waals surface area contributed by atoms with Gasteiger partial charge in [-0.3, -0.25) is 4.79 Å². The van der Waals surface area contributed by atoms with Crippen molar-refractivity contribution < 1.29 is 13.9 Å². The van der Waals surface area contributed by atoms with Crippen LogP contribution in [0.25, 0.3) is 5.69 Å². The van der Waals surface area contributed by atoms with E-state index in [1.165, 1.54) is 6.92 Å². The van der Waals surface area contributed by atoms with Gasteiger partial charge < -0.3 is 9.72 Å². The van der Waals surface area contributed by atoms with E-state index in [0.717, 1.165) is 12.1 Å². The number of nitrogens with zero attached hydrogens (tertiary/aromatic N) is 1. The molecular weight excluding hydrogens is 407 g/mol. The van der Waals surface area contributed by atoms with Gasteiger partial charge in [0.1, 0.15) is 10.3 Å². The van der Waals surface area contributed by atoms with Gasteiger partial charge in [0, 0.05) is 5.69 Å². The van der Waals surface area contributed by atoms with Gasteiger partial charge in [-0.05, 0) is 48.8 Å². The number of halogens is 3. The molecule has 9 heteroatoms. The number of aromatic nitrogens is 2. The second-order valence-electron chi connectivity index (χ2n) is 5.25. The molecule has 0 saturated heterocycles. The molecule has 128 valence electrons. The first-order valence-corrected chi connectivity index (χ1v) is 8.02. The molecule has 0 bridgehead atoms. The molecule has 0 unspecified atom stereocenters. The molecule has 1 N–H and O–H groups in total. The van der Waals surface area contributed by atoms with Gasteiger partial charge in [0.15, 0.2) is 0 Å². The maximum atomic E-state index is 14.3. The Morgan fingerprint density at radius 1 is 1.38 bits per heavy atom. The largest absolute Gasteiger partial charge is 0.459 e. The summed E-state index contributed by atoms with van der Waals surface area (Å²) in [5, 5.41) is -0.183. The Kier molecular flexibility index (Phi) is 5.29. The predicted molar refractivity (Wildman–Crippen MR) is 90.6 cm³/mol. The summed E-state index contributed by atoms with van der Waals surface area (Å²) < 4.78 is 19.9. The van der Waals surface area contributed by atoms with Gasteiger partial charge in [-0.1, -0.05) is 11.6 Å². The van der Waals surface area contributed by atoms with Crippen LogP contribution < -0.4 is 11.2 Å². The predicted octanol–water partition coefficient (Wildman–Crippen LogP) is 2.95. The van der Waals surface area contributed by atoms with E-state index in [1.807, 2.05) is 0 Å². The lowest BCUT2D eigenvalue weighted by atomic mass is 10.2. The van der Waals surface area contributed by atoms with E-state index < -0.39 is 34.8 Å². The van der Waals surface area contributed by atoms with E-state index in [-0.39, 0.29) is 15.1 Å². The van der Waals surface area contributed by atoms with Gasteiger partial charge in [-0.25, -0.2) is 18.5 Å². The van der Waals surface area contributed by atoms with Crippen LogP contribution in [0, 0.1) is 12.7 Å². The molecule has 0 radical (unpaired) electrons. The SMILES string of the molecule is Cc1[nH]c(=O)n(-c2cc(C(=O)OC(C)C)c(Cl)cc2F)c(=O)c1Br. The highest BCUT2D eigenvalue weighted by Gasteiger charge is 2.21. The van der Waals surface area contributed by atoms with E-state index in [4.69, 9.17) is 16.3 Å². The van der Waals surface area contributed by atoms with Crippen LogP contribution in [0.2, 0.25) is 5.02 Å². The molecule has 1 heterocycles. The average molecular weight is 420 g/mol. The number of carbonyl (C=O) groups excluding carboxylic acids is 1. The number of benzene rings is 1. The number of aryl methyl sites for hydroxylation is 1. The number of rotatable bonds is 3. The van der Waals surface area contributed by atoms with Crippen molar-refractivity contribution in [2.24, 2.45) is 0 Å². The Bertz CT molecular complexity index is 936. The third-order valence-corrected chi connectivity index (χ3v) is 4.30. The van der Waals surface area contributed by atoms with Crippen LogP contribution in [0.4, 0.5) is 4.39 Å². The van der Waals surface area contributed by atoms with E-state index in [2.05, 4.69) is 20.9 Å². The third kappa shape index (κ3) is 3.44. The fourth-order valence-corrected chi connectivity index (χ4v) is 2.49. The molecule has 0 atom stereocenters. The minimum absolute atomic E-state index is 0.0720. The fourth-order valence-electron chi connectivity index (χ4n) is 1.98. The number of aromatic amines is 1. The average Bonchev–Trinajstić information content (AvgIpc) is 2.46. The number of hydrogen-bond acceptors (Lipinski definition) is 4. The van der Waals surface area contributed by atoms with Crippen molar-refractivity contribution in [3.8, 4) is 5.69 Å². The van der Waals surface area contributed by atoms with Crippen LogP contribution in [0.3, 0.4) is 0 Å². The minimum Gasteiger partial charge on any atom is -0.459 e. The molecule has 0 aliphatic heterocycles. The molecule has 0 aliphatic rings. The van der Waals surface area contributed by atoms with Crippen molar-refractivity contribution >= 4 is 33.5 Å². The number of H-pyrrole nitrogens is 1. The summed E-state index contributed by atoms with van der Waals surface area (Å²) in [6.45, 7) is 4.80. The first-order chi connectivity index (χ1) is 11.1. The Balaban J connectivity index is 2.74. The van der Waals surface area contributed by atoms with Crippen LogP contribution in [0.15, 0.2) is 26.2 Å². The highest BCUT2D eigenvalue weighted by atomic mass is 79.9. The smallest absolute Gasteiger partial charge is 0.339 e. The second-order valence-corrected chi connectivity index (χ2v) is 6.45. The maximum absolute atomic E-state index is 14.3. The van der Waals surface area contributed by atoms with Crippen LogP contribution in [-0.2, 0) is 4.74 Å². The lowest BCUT2D eigenvalue weighted by Gasteiger charge is -2.12. The van der Waals surface area contributed by atoms with Crippen molar-refractivity contribution in [2.45, 2.75) is 26.9 Å². The Morgan fingerprint density at radius 2 is 2.00 bits per heavy atom. The van der Waals surface area contributed by atoms with Gasteiger partial charge in [-0.15, -0.1) is 0 Å². The van der Waals surface area contributed by atoms with Crippen molar-refractivity contribution in [3.05, 3.63) is 59.5 Å². The molecule has 1 aromatic heterocycles. The molecule has 0 saturated carbocycles. The van der Waals surface area contributed by atoms with Gasteiger partial charge >= 0.3 is 11.7 Å². The summed E-state index contributed by atoms with van der Waals surface area (Å²) in [4.78, 5) is 38.8. The highest BCUT2D eigenvalue weighted by Crippen LogP contribution is 2.24. The molecule has 24 heavy (non-hydrogen) atoms. The highest BCUT2D eigenvalue weighted by molar-refractivity contribution is 9.10. The molecular formula is C15H13BrClFN2O4. The van der Waals surface area contributed by atoms with Gasteiger partial charge in [0.2, 0.25) is 0 Å². The van der Waals surface area contributed by atoms with Crippen molar-refractivity contribution in [2.75, 3.05) is 0 Å². The van der Waals surface area contributed by atoms with Crippen molar-refractivity contribution in [1.82, 2.24) is 9.55 Å². The maximum Gasteiger partial charge on any atom is 0.339 e. The standard InChI is InChI=1S/C15H13BrClFN2O4/c1-6(2)24-14(22)8-4-11(10(18)5-9(8)17)20-13(21)12(16)7(3)19-15(20)23/h4-6H,1-3H3,(H,19,23). The molecule has 0 fully saturated rings. The molecule has 2 aromatic rings. The number of nitrogens with one attached hydrogen (secondary N) is 1. The zero-order chi connectivity index (χ0) is 18.2. The third-order valence-electron chi connectivity index (χ3n) is 3.06. The minimum atomic E-state index is -0.926. The van der Waals surface area contributed by atoms with Gasteiger partial charge in [-0.2, -0.15) is 0 Å². The fraction of sp³-hybridized carbons (Fsp3) is 0.267. The summed E-state index contributed by atoms with van der Waals surface area (Å²) in [5.74, 6) is -1.71. The quantitative estimate of drug-likeness (QED) is 0.776. The molecule has 0 spiro atoms. The Morgan fingerprint density at radius 3 is 2.58 bits per heavy atom. The van der Waals surface area contributed by atoms with Crippen LogP contribution >= 0.6 is 27.5 Å². The summed E-state index contributed by atoms with van der Waals surface area (Å²) in [7, 11) is 0. The van der Waals surface area contributed by atoms with E-state index >= 15 is 0 Å².